The van der Waals surface area contributed by atoms with Gasteiger partial charge in [-0.2, -0.15) is 0 Å². The van der Waals surface area contributed by atoms with Gasteiger partial charge in [0.1, 0.15) is 0 Å². The number of allylic oxidation sites excluding steroid dienone is 1. The second-order valence-electron chi connectivity index (χ2n) is 9.53. The van der Waals surface area contributed by atoms with Gasteiger partial charge in [-0.15, -0.1) is 0 Å². The van der Waals surface area contributed by atoms with Crippen molar-refractivity contribution in [1.82, 2.24) is 9.13 Å². The summed E-state index contributed by atoms with van der Waals surface area (Å²) in [5, 5.41) is 1.74. The number of carbonyl (C=O) groups excluding carboxylic acids is 1. The molecule has 8 heteroatoms. The first-order valence-electron chi connectivity index (χ1n) is 13.0. The van der Waals surface area contributed by atoms with E-state index >= 15 is 0 Å². The van der Waals surface area contributed by atoms with Gasteiger partial charge in [-0.1, -0.05) is 89.7 Å². The molecule has 0 saturated carbocycles. The van der Waals surface area contributed by atoms with Crippen LogP contribution in [0.15, 0.2) is 106 Å². The maximum atomic E-state index is 14.0. The molecule has 1 aliphatic heterocycles. The van der Waals surface area contributed by atoms with Crippen LogP contribution >= 0.6 is 22.9 Å². The van der Waals surface area contributed by atoms with E-state index in [9.17, 15) is 9.59 Å². The van der Waals surface area contributed by atoms with Gasteiger partial charge in [-0.05, 0) is 43.2 Å². The number of hydrogen-bond donors (Lipinski definition) is 0. The first-order chi connectivity index (χ1) is 19.5. The Morgan fingerprint density at radius 2 is 1.77 bits per heavy atom. The minimum atomic E-state index is -0.625. The van der Waals surface area contributed by atoms with E-state index in [1.807, 2.05) is 72.8 Å². The van der Waals surface area contributed by atoms with Crippen molar-refractivity contribution >= 4 is 45.9 Å². The van der Waals surface area contributed by atoms with Gasteiger partial charge >= 0.3 is 5.97 Å². The Morgan fingerprint density at radius 3 is 2.55 bits per heavy atom. The molecule has 200 valence electrons. The maximum Gasteiger partial charge on any atom is 0.338 e. The molecule has 6 nitrogen and oxygen atoms in total. The van der Waals surface area contributed by atoms with Crippen molar-refractivity contribution in [1.29, 1.82) is 0 Å². The maximum absolute atomic E-state index is 14.0. The topological polar surface area (TPSA) is 65.6 Å². The third-order valence-electron chi connectivity index (χ3n) is 7.04. The summed E-state index contributed by atoms with van der Waals surface area (Å²) in [6, 6.07) is 24.8. The third kappa shape index (κ3) is 4.61. The first kappa shape index (κ1) is 26.0. The minimum Gasteiger partial charge on any atom is -0.463 e. The molecular formula is C32H26ClN3O3S. The van der Waals surface area contributed by atoms with Gasteiger partial charge in [0, 0.05) is 34.2 Å². The molecule has 1 aliphatic rings. The number of benzene rings is 3. The van der Waals surface area contributed by atoms with Crippen LogP contribution in [-0.2, 0) is 16.1 Å². The van der Waals surface area contributed by atoms with Crippen LogP contribution in [0.2, 0.25) is 5.02 Å². The van der Waals surface area contributed by atoms with Crippen LogP contribution in [0.4, 0.5) is 0 Å². The van der Waals surface area contributed by atoms with E-state index in [0.29, 0.717) is 32.2 Å². The van der Waals surface area contributed by atoms with Gasteiger partial charge < -0.3 is 9.30 Å². The Morgan fingerprint density at radius 1 is 1.05 bits per heavy atom. The highest BCUT2D eigenvalue weighted by molar-refractivity contribution is 7.07. The summed E-state index contributed by atoms with van der Waals surface area (Å²) in [5.74, 6) is -0.463. The van der Waals surface area contributed by atoms with Crippen LogP contribution in [0.1, 0.15) is 36.6 Å². The van der Waals surface area contributed by atoms with E-state index in [4.69, 9.17) is 16.3 Å². The molecule has 0 bridgehead atoms. The fourth-order valence-corrected chi connectivity index (χ4v) is 6.45. The number of halogens is 1. The van der Waals surface area contributed by atoms with Crippen molar-refractivity contribution in [3.05, 3.63) is 138 Å². The Bertz CT molecular complexity index is 1970. The van der Waals surface area contributed by atoms with Crippen molar-refractivity contribution in [2.45, 2.75) is 26.4 Å². The number of aromatic nitrogens is 2. The molecule has 0 amide bonds. The Labute approximate surface area is 239 Å². The Kier molecular flexibility index (Phi) is 7.00. The van der Waals surface area contributed by atoms with Gasteiger partial charge in [0.2, 0.25) is 0 Å². The summed E-state index contributed by atoms with van der Waals surface area (Å²) in [4.78, 5) is 32.3. The first-order valence-corrected chi connectivity index (χ1v) is 14.2. The van der Waals surface area contributed by atoms with Crippen LogP contribution in [0, 0.1) is 0 Å². The van der Waals surface area contributed by atoms with Gasteiger partial charge in [-0.25, -0.2) is 9.79 Å². The zero-order chi connectivity index (χ0) is 27.8. The molecular weight excluding hydrogens is 542 g/mol. The normalized spacial score (nSPS) is 15.3. The molecule has 3 aromatic carbocycles. The molecule has 1 atom stereocenters. The third-order valence-corrected chi connectivity index (χ3v) is 8.39. The second-order valence-corrected chi connectivity index (χ2v) is 11.0. The van der Waals surface area contributed by atoms with Gasteiger partial charge in [0.05, 0.1) is 28.5 Å². The zero-order valence-electron chi connectivity index (χ0n) is 22.0. The highest BCUT2D eigenvalue weighted by Crippen LogP contribution is 2.31. The van der Waals surface area contributed by atoms with Gasteiger partial charge in [-0.3, -0.25) is 9.36 Å². The molecule has 0 N–H and O–H groups in total. The summed E-state index contributed by atoms with van der Waals surface area (Å²) in [5.41, 5.74) is 4.54. The fraction of sp³-hybridized carbons (Fsp3) is 0.156. The molecule has 40 heavy (non-hydrogen) atoms. The number of ether oxygens (including phenoxy) is 1. The number of nitrogens with zero attached hydrogens (tertiary/aromatic N) is 3. The quantitative estimate of drug-likeness (QED) is 0.256. The lowest BCUT2D eigenvalue weighted by Crippen LogP contribution is -2.39. The largest absolute Gasteiger partial charge is 0.463 e. The standard InChI is InChI=1S/C32H26ClN3O3S/c1-3-39-31(38)28-20(2)34-32-36(29(28)21-11-5-4-6-12-21)30(37)27(40-32)17-23-19-35(26-16-10-8-14-24(23)26)18-22-13-7-9-15-25(22)33/h4-17,19,29H,3,18H2,1-2H3/b27-17+/t29-/m0/s1. The van der Waals surface area contributed by atoms with Crippen LogP contribution in [-0.4, -0.2) is 21.7 Å². The van der Waals surface area contributed by atoms with Crippen molar-refractivity contribution in [3.63, 3.8) is 0 Å². The minimum absolute atomic E-state index is 0.199. The Hall–Kier alpha value is -4.20. The molecule has 0 saturated heterocycles. The molecule has 6 rings (SSSR count). The number of para-hydroxylation sites is 1. The molecule has 0 unspecified atom stereocenters. The van der Waals surface area contributed by atoms with Crippen molar-refractivity contribution in [3.8, 4) is 0 Å². The highest BCUT2D eigenvalue weighted by atomic mass is 35.5. The van der Waals surface area contributed by atoms with Crippen LogP contribution in [0.3, 0.4) is 0 Å². The number of carbonyl (C=O) groups is 1. The molecule has 2 aromatic heterocycles. The number of rotatable bonds is 6. The lowest BCUT2D eigenvalue weighted by Gasteiger charge is -2.24. The van der Waals surface area contributed by atoms with Crippen LogP contribution in [0.5, 0.6) is 0 Å². The van der Waals surface area contributed by atoms with Crippen molar-refractivity contribution in [2.24, 2.45) is 4.99 Å². The molecule has 5 aromatic rings. The lowest BCUT2D eigenvalue weighted by molar-refractivity contribution is -0.139. The van der Waals surface area contributed by atoms with E-state index in [2.05, 4.69) is 27.9 Å². The number of fused-ring (bicyclic) bond motifs is 2. The average Bonchev–Trinajstić information content (AvgIpc) is 3.46. The van der Waals surface area contributed by atoms with Crippen molar-refractivity contribution in [2.75, 3.05) is 6.61 Å². The van der Waals surface area contributed by atoms with Crippen LogP contribution in [0.25, 0.3) is 17.0 Å². The molecule has 0 aliphatic carbocycles. The molecule has 0 fully saturated rings. The average molecular weight is 568 g/mol. The van der Waals surface area contributed by atoms with E-state index in [1.54, 1.807) is 18.4 Å². The summed E-state index contributed by atoms with van der Waals surface area (Å²) < 4.78 is 9.69. The van der Waals surface area contributed by atoms with Crippen LogP contribution < -0.4 is 14.9 Å². The lowest BCUT2D eigenvalue weighted by atomic mass is 9.96. The molecule has 0 radical (unpaired) electrons. The fourth-order valence-electron chi connectivity index (χ4n) is 5.21. The second kappa shape index (κ2) is 10.8. The number of esters is 1. The summed E-state index contributed by atoms with van der Waals surface area (Å²) >= 11 is 7.78. The van der Waals surface area contributed by atoms with E-state index < -0.39 is 12.0 Å². The summed E-state index contributed by atoms with van der Waals surface area (Å²) in [6.07, 6.45) is 3.97. The van der Waals surface area contributed by atoms with Crippen molar-refractivity contribution < 1.29 is 9.53 Å². The van der Waals surface area contributed by atoms with Gasteiger partial charge in [0.15, 0.2) is 4.80 Å². The van der Waals surface area contributed by atoms with Gasteiger partial charge in [0.25, 0.3) is 5.56 Å². The SMILES string of the molecule is CCOC(=O)C1=C(C)N=c2s/c(=C/c3cn(Cc4ccccc4Cl)c4ccccc34)c(=O)n2[C@H]1c1ccccc1. The molecule has 0 spiro atoms. The van der Waals surface area contributed by atoms with E-state index in [1.165, 1.54) is 11.3 Å². The monoisotopic (exact) mass is 567 g/mol. The number of thiazole rings is 1. The highest BCUT2D eigenvalue weighted by Gasteiger charge is 2.33. The predicted octanol–water partition coefficient (Wildman–Crippen LogP) is 5.45. The molecule has 3 heterocycles. The summed E-state index contributed by atoms with van der Waals surface area (Å²) in [7, 11) is 0. The smallest absolute Gasteiger partial charge is 0.338 e. The predicted molar refractivity (Wildman–Crippen MR) is 159 cm³/mol. The zero-order valence-corrected chi connectivity index (χ0v) is 23.6. The summed E-state index contributed by atoms with van der Waals surface area (Å²) in [6.45, 7) is 4.40. The Balaban J connectivity index is 1.52. The number of hydrogen-bond acceptors (Lipinski definition) is 5. The van der Waals surface area contributed by atoms with E-state index in [-0.39, 0.29) is 12.2 Å². The van der Waals surface area contributed by atoms with E-state index in [0.717, 1.165) is 27.6 Å².